The quantitative estimate of drug-likeness (QED) is 0.756. The van der Waals surface area contributed by atoms with Gasteiger partial charge in [0.05, 0.1) is 0 Å². The van der Waals surface area contributed by atoms with E-state index in [1.165, 1.54) is 4.90 Å². The first kappa shape index (κ1) is 21.0. The Kier molecular flexibility index (Phi) is 7.23. The maximum Gasteiger partial charge on any atom is 1.00 e. The van der Waals surface area contributed by atoms with Gasteiger partial charge in [0.2, 0.25) is 0 Å². The van der Waals surface area contributed by atoms with Crippen LogP contribution in [0.15, 0.2) is 30.3 Å². The van der Waals surface area contributed by atoms with Gasteiger partial charge in [-0.25, -0.2) is 4.79 Å². The van der Waals surface area contributed by atoms with Crippen molar-refractivity contribution in [3.05, 3.63) is 35.9 Å². The summed E-state index contributed by atoms with van der Waals surface area (Å²) in [5, 5.41) is 0. The van der Waals surface area contributed by atoms with Gasteiger partial charge < -0.3 is 22.6 Å². The van der Waals surface area contributed by atoms with Gasteiger partial charge in [-0.2, -0.15) is 0 Å². The smallest absolute Gasteiger partial charge is 0.449 e. The Balaban J connectivity index is 0.00000264. The van der Waals surface area contributed by atoms with Gasteiger partial charge in [0.1, 0.15) is 5.60 Å². The molecular formula is C15H20BF3KNO2. The molecule has 0 radical (unpaired) electrons. The maximum atomic E-state index is 13.4. The number of benzene rings is 1. The summed E-state index contributed by atoms with van der Waals surface area (Å²) in [5.41, 5.74) is -0.241. The summed E-state index contributed by atoms with van der Waals surface area (Å²) in [5.74, 6) is -1.50. The van der Waals surface area contributed by atoms with Crippen LogP contribution in [-0.4, -0.2) is 30.1 Å². The minimum absolute atomic E-state index is 0. The van der Waals surface area contributed by atoms with Crippen molar-refractivity contribution in [1.82, 2.24) is 4.90 Å². The van der Waals surface area contributed by atoms with Crippen LogP contribution in [-0.2, 0) is 4.74 Å². The Morgan fingerprint density at radius 2 is 1.78 bits per heavy atom. The van der Waals surface area contributed by atoms with Crippen LogP contribution in [0.3, 0.4) is 0 Å². The Morgan fingerprint density at radius 1 is 1.22 bits per heavy atom. The molecule has 1 aromatic carbocycles. The predicted octanol–water partition coefficient (Wildman–Crippen LogP) is 1.59. The summed E-state index contributed by atoms with van der Waals surface area (Å²) in [6, 6.07) is 7.35. The number of halogens is 3. The monoisotopic (exact) mass is 353 g/mol. The molecular weight excluding hydrogens is 333 g/mol. The number of hydrogen-bond acceptors (Lipinski definition) is 2. The zero-order valence-corrected chi connectivity index (χ0v) is 17.1. The van der Waals surface area contributed by atoms with Gasteiger partial charge in [-0.15, -0.1) is 0 Å². The average Bonchev–Trinajstić information content (AvgIpc) is 2.82. The van der Waals surface area contributed by atoms with Gasteiger partial charge in [-0.05, 0) is 32.2 Å². The van der Waals surface area contributed by atoms with Crippen LogP contribution in [0, 0.1) is 0 Å². The molecule has 23 heavy (non-hydrogen) atoms. The van der Waals surface area contributed by atoms with Crippen LogP contribution < -0.4 is 51.4 Å². The molecule has 1 fully saturated rings. The Morgan fingerprint density at radius 3 is 2.26 bits per heavy atom. The van der Waals surface area contributed by atoms with E-state index < -0.39 is 30.5 Å². The summed E-state index contributed by atoms with van der Waals surface area (Å²) in [6.07, 6.45) is -0.772. The standard InChI is InChI=1S/C15H20BF3NO2.K/c1-15(2,3)22-14(21)20-10-9-12(16(17,18)19)13(20)11-7-5-4-6-8-11;/h4-8,12-13H,9-10H2,1-3H3;/q-1;+1. The van der Waals surface area contributed by atoms with Crippen molar-refractivity contribution < 1.29 is 73.9 Å². The number of hydrogen-bond donors (Lipinski definition) is 0. The second-order valence-corrected chi connectivity index (χ2v) is 6.61. The zero-order chi connectivity index (χ0) is 16.5. The van der Waals surface area contributed by atoms with E-state index in [1.54, 1.807) is 51.1 Å². The molecule has 0 bridgehead atoms. The summed E-state index contributed by atoms with van der Waals surface area (Å²) in [6.45, 7) is 0.118. The first-order valence-corrected chi connectivity index (χ1v) is 7.34. The molecule has 0 aliphatic carbocycles. The molecule has 0 aromatic heterocycles. The number of ether oxygens (including phenoxy) is 1. The second kappa shape index (κ2) is 7.91. The summed E-state index contributed by atoms with van der Waals surface area (Å²) in [4.78, 5) is 13.5. The zero-order valence-electron chi connectivity index (χ0n) is 13.9. The first-order chi connectivity index (χ1) is 10.1. The number of nitrogens with zero attached hydrogens (tertiary/aromatic N) is 1. The molecule has 3 nitrogen and oxygen atoms in total. The van der Waals surface area contributed by atoms with Crippen molar-refractivity contribution in [2.24, 2.45) is 0 Å². The van der Waals surface area contributed by atoms with E-state index in [9.17, 15) is 17.7 Å². The van der Waals surface area contributed by atoms with Gasteiger partial charge in [0.25, 0.3) is 0 Å². The van der Waals surface area contributed by atoms with Gasteiger partial charge >= 0.3 is 64.5 Å². The third-order valence-corrected chi connectivity index (χ3v) is 3.70. The van der Waals surface area contributed by atoms with Gasteiger partial charge in [-0.3, -0.25) is 0 Å². The molecule has 2 rings (SSSR count). The normalized spacial score (nSPS) is 21.7. The van der Waals surface area contributed by atoms with E-state index in [0.29, 0.717) is 5.56 Å². The molecule has 1 aromatic rings. The van der Waals surface area contributed by atoms with E-state index in [-0.39, 0.29) is 64.4 Å². The van der Waals surface area contributed by atoms with E-state index >= 15 is 0 Å². The predicted molar refractivity (Wildman–Crippen MR) is 79.6 cm³/mol. The summed E-state index contributed by atoms with van der Waals surface area (Å²) in [7, 11) is 0. The van der Waals surface area contributed by atoms with Crippen LogP contribution in [0.1, 0.15) is 38.8 Å². The van der Waals surface area contributed by atoms with E-state index in [1.807, 2.05) is 0 Å². The first-order valence-electron chi connectivity index (χ1n) is 7.34. The average molecular weight is 353 g/mol. The fraction of sp³-hybridized carbons (Fsp3) is 0.533. The number of carbonyl (C=O) groups is 1. The van der Waals surface area contributed by atoms with Gasteiger partial charge in [0, 0.05) is 12.6 Å². The fourth-order valence-corrected chi connectivity index (χ4v) is 2.81. The topological polar surface area (TPSA) is 29.5 Å². The number of rotatable bonds is 2. The Hall–Kier alpha value is -0.0187. The van der Waals surface area contributed by atoms with Crippen molar-refractivity contribution >= 4 is 13.1 Å². The maximum absolute atomic E-state index is 13.4. The number of likely N-dealkylation sites (tertiary alicyclic amines) is 1. The van der Waals surface area contributed by atoms with E-state index in [4.69, 9.17) is 4.74 Å². The SMILES string of the molecule is CC(C)(C)OC(=O)N1CCC([B-](F)(F)F)C1c1ccccc1.[K+]. The minimum Gasteiger partial charge on any atom is -0.449 e. The molecule has 0 N–H and O–H groups in total. The van der Waals surface area contributed by atoms with Crippen LogP contribution in [0.4, 0.5) is 17.7 Å². The van der Waals surface area contributed by atoms with Crippen LogP contribution in [0.25, 0.3) is 0 Å². The summed E-state index contributed by atoms with van der Waals surface area (Å²) < 4.78 is 45.3. The molecule has 1 aliphatic heterocycles. The van der Waals surface area contributed by atoms with Crippen LogP contribution >= 0.6 is 0 Å². The van der Waals surface area contributed by atoms with E-state index in [0.717, 1.165) is 0 Å². The molecule has 1 saturated heterocycles. The molecule has 1 heterocycles. The van der Waals surface area contributed by atoms with Gasteiger partial charge in [-0.1, -0.05) is 36.8 Å². The molecule has 2 unspecified atom stereocenters. The van der Waals surface area contributed by atoms with Gasteiger partial charge in [0.15, 0.2) is 0 Å². The second-order valence-electron chi connectivity index (χ2n) is 6.61. The molecule has 122 valence electrons. The van der Waals surface area contributed by atoms with Crippen molar-refractivity contribution in [3.63, 3.8) is 0 Å². The fourth-order valence-electron chi connectivity index (χ4n) is 2.81. The van der Waals surface area contributed by atoms with Crippen molar-refractivity contribution in [2.75, 3.05) is 6.54 Å². The number of carbonyl (C=O) groups excluding carboxylic acids is 1. The minimum atomic E-state index is -5.03. The van der Waals surface area contributed by atoms with Crippen LogP contribution in [0.5, 0.6) is 0 Å². The number of amides is 1. The third kappa shape index (κ3) is 5.49. The molecule has 1 amide bonds. The molecule has 2 atom stereocenters. The molecule has 1 aliphatic rings. The third-order valence-electron chi connectivity index (χ3n) is 3.70. The molecule has 8 heteroatoms. The Labute approximate surface area is 177 Å². The van der Waals surface area contributed by atoms with Crippen molar-refractivity contribution in [3.8, 4) is 0 Å². The Bertz CT molecular complexity index is 534. The molecule has 0 spiro atoms. The van der Waals surface area contributed by atoms with E-state index in [2.05, 4.69) is 0 Å². The van der Waals surface area contributed by atoms with Crippen molar-refractivity contribution in [1.29, 1.82) is 0 Å². The largest absolute Gasteiger partial charge is 1.00 e. The molecule has 0 saturated carbocycles. The van der Waals surface area contributed by atoms with Crippen molar-refractivity contribution in [2.45, 2.75) is 44.7 Å². The van der Waals surface area contributed by atoms with Crippen LogP contribution in [0.2, 0.25) is 5.82 Å². The summed E-state index contributed by atoms with van der Waals surface area (Å²) >= 11 is 0.